The molecule has 2 N–H and O–H groups in total. The summed E-state index contributed by atoms with van der Waals surface area (Å²) in [6.45, 7) is 0.246. The second kappa shape index (κ2) is 4.08. The van der Waals surface area contributed by atoms with Gasteiger partial charge in [-0.25, -0.2) is 0 Å². The Balaban J connectivity index is 2.28. The van der Waals surface area contributed by atoms with Crippen molar-refractivity contribution in [3.63, 3.8) is 0 Å². The van der Waals surface area contributed by atoms with Crippen LogP contribution in [0.3, 0.4) is 0 Å². The van der Waals surface area contributed by atoms with Crippen LogP contribution in [0.2, 0.25) is 0 Å². The average Bonchev–Trinajstić information content (AvgIpc) is 2.84. The molecule has 0 saturated carbocycles. The summed E-state index contributed by atoms with van der Waals surface area (Å²) in [6.07, 6.45) is 3.43. The van der Waals surface area contributed by atoms with Crippen molar-refractivity contribution >= 4 is 5.65 Å². The molecule has 2 aromatic heterocycles. The number of rotatable bonds is 2. The predicted octanol–water partition coefficient (Wildman–Crippen LogP) is 0.339. The molecule has 18 heavy (non-hydrogen) atoms. The first kappa shape index (κ1) is 10.7. The zero-order valence-corrected chi connectivity index (χ0v) is 9.52. The maximum atomic E-state index is 12.3. The van der Waals surface area contributed by atoms with E-state index in [1.165, 1.54) is 4.57 Å². The van der Waals surface area contributed by atoms with Gasteiger partial charge in [-0.2, -0.15) is 0 Å². The second-order valence-corrected chi connectivity index (χ2v) is 3.82. The molecule has 0 saturated heterocycles. The first-order chi connectivity index (χ1) is 8.81. The molecule has 90 valence electrons. The van der Waals surface area contributed by atoms with E-state index in [4.69, 9.17) is 5.73 Å². The number of fused-ring (bicyclic) bond motifs is 1. The van der Waals surface area contributed by atoms with Crippen molar-refractivity contribution in [1.82, 2.24) is 19.2 Å². The quantitative estimate of drug-likeness (QED) is 0.701. The molecule has 0 aliphatic rings. The van der Waals surface area contributed by atoms with E-state index in [1.807, 2.05) is 30.3 Å². The number of nitrogens with zero attached hydrogens (tertiary/aromatic N) is 4. The van der Waals surface area contributed by atoms with Crippen LogP contribution in [0, 0.1) is 0 Å². The molecule has 0 amide bonds. The van der Waals surface area contributed by atoms with Gasteiger partial charge in [-0.3, -0.25) is 13.8 Å². The molecule has 0 spiro atoms. The van der Waals surface area contributed by atoms with Crippen LogP contribution in [0.4, 0.5) is 0 Å². The van der Waals surface area contributed by atoms with Crippen LogP contribution in [0.25, 0.3) is 11.3 Å². The van der Waals surface area contributed by atoms with E-state index < -0.39 is 0 Å². The van der Waals surface area contributed by atoms with Gasteiger partial charge < -0.3 is 5.73 Å². The molecule has 3 rings (SSSR count). The molecule has 0 unspecified atom stereocenters. The lowest BCUT2D eigenvalue weighted by Crippen LogP contribution is -2.20. The van der Waals surface area contributed by atoms with Crippen molar-refractivity contribution in [2.24, 2.45) is 5.73 Å². The van der Waals surface area contributed by atoms with Crippen LogP contribution in [0.5, 0.6) is 0 Å². The highest BCUT2D eigenvalue weighted by Gasteiger charge is 2.09. The van der Waals surface area contributed by atoms with Crippen molar-refractivity contribution in [2.75, 3.05) is 0 Å². The number of benzene rings is 1. The molecule has 2 heterocycles. The van der Waals surface area contributed by atoms with Gasteiger partial charge in [0.15, 0.2) is 5.82 Å². The molecule has 6 heteroatoms. The largest absolute Gasteiger partial charge is 0.324 e. The van der Waals surface area contributed by atoms with Crippen molar-refractivity contribution in [2.45, 2.75) is 6.54 Å². The zero-order chi connectivity index (χ0) is 12.5. The van der Waals surface area contributed by atoms with E-state index >= 15 is 0 Å². The summed E-state index contributed by atoms with van der Waals surface area (Å²) >= 11 is 0. The van der Waals surface area contributed by atoms with E-state index in [2.05, 4.69) is 10.2 Å². The van der Waals surface area contributed by atoms with Crippen molar-refractivity contribution in [1.29, 1.82) is 0 Å². The summed E-state index contributed by atoms with van der Waals surface area (Å²) in [5.41, 5.74) is 6.39. The SMILES string of the molecule is NCc1nnc2c(=O)n(-c3ccccc3)ccn12. The molecule has 1 aromatic carbocycles. The summed E-state index contributed by atoms with van der Waals surface area (Å²) < 4.78 is 3.14. The van der Waals surface area contributed by atoms with Crippen LogP contribution in [0.1, 0.15) is 5.82 Å². The van der Waals surface area contributed by atoms with Gasteiger partial charge in [-0.15, -0.1) is 10.2 Å². The third-order valence-corrected chi connectivity index (χ3v) is 2.76. The number of nitrogens with two attached hydrogens (primary N) is 1. The molecule has 0 aliphatic heterocycles. The number of hydrogen-bond acceptors (Lipinski definition) is 4. The molecule has 6 nitrogen and oxygen atoms in total. The molecule has 0 atom stereocenters. The fourth-order valence-corrected chi connectivity index (χ4v) is 1.87. The molecular weight excluding hydrogens is 230 g/mol. The molecule has 0 bridgehead atoms. The van der Waals surface area contributed by atoms with Gasteiger partial charge in [-0.05, 0) is 12.1 Å². The van der Waals surface area contributed by atoms with Gasteiger partial charge in [0, 0.05) is 18.1 Å². The van der Waals surface area contributed by atoms with E-state index in [1.54, 1.807) is 16.8 Å². The van der Waals surface area contributed by atoms with E-state index in [-0.39, 0.29) is 17.8 Å². The van der Waals surface area contributed by atoms with Crippen LogP contribution in [-0.4, -0.2) is 19.2 Å². The summed E-state index contributed by atoms with van der Waals surface area (Å²) in [5.74, 6) is 0.572. The standard InChI is InChI=1S/C12H11N5O/c13-8-10-14-15-11-12(18)16(6-7-17(10)11)9-4-2-1-3-5-9/h1-7H,8,13H2. The highest BCUT2D eigenvalue weighted by molar-refractivity contribution is 5.40. The summed E-state index contributed by atoms with van der Waals surface area (Å²) in [4.78, 5) is 12.3. The van der Waals surface area contributed by atoms with Crippen molar-refractivity contribution in [3.05, 3.63) is 58.9 Å². The maximum Gasteiger partial charge on any atom is 0.300 e. The monoisotopic (exact) mass is 241 g/mol. The fraction of sp³-hybridized carbons (Fsp3) is 0.0833. The van der Waals surface area contributed by atoms with Gasteiger partial charge in [0.05, 0.1) is 6.54 Å². The van der Waals surface area contributed by atoms with Crippen LogP contribution in [-0.2, 0) is 6.54 Å². The van der Waals surface area contributed by atoms with Crippen molar-refractivity contribution < 1.29 is 0 Å². The Morgan fingerprint density at radius 1 is 1.11 bits per heavy atom. The minimum Gasteiger partial charge on any atom is -0.324 e. The molecule has 0 radical (unpaired) electrons. The van der Waals surface area contributed by atoms with Crippen LogP contribution in [0.15, 0.2) is 47.5 Å². The number of hydrogen-bond donors (Lipinski definition) is 1. The summed E-state index contributed by atoms with van der Waals surface area (Å²) in [5, 5.41) is 7.76. The van der Waals surface area contributed by atoms with Crippen molar-refractivity contribution in [3.8, 4) is 5.69 Å². The van der Waals surface area contributed by atoms with Gasteiger partial charge in [0.25, 0.3) is 0 Å². The molecular formula is C12H11N5O. The predicted molar refractivity (Wildman–Crippen MR) is 66.5 cm³/mol. The van der Waals surface area contributed by atoms with Gasteiger partial charge in [0.2, 0.25) is 5.65 Å². The summed E-state index contributed by atoms with van der Waals surface area (Å²) in [6, 6.07) is 9.37. The first-order valence-corrected chi connectivity index (χ1v) is 5.52. The van der Waals surface area contributed by atoms with Crippen LogP contribution >= 0.6 is 0 Å². The lowest BCUT2D eigenvalue weighted by molar-refractivity contribution is 0.870. The normalized spacial score (nSPS) is 10.9. The topological polar surface area (TPSA) is 78.2 Å². The molecule has 0 aliphatic carbocycles. The van der Waals surface area contributed by atoms with Gasteiger partial charge >= 0.3 is 5.56 Å². The Bertz CT molecular complexity index is 744. The molecule has 3 aromatic rings. The lowest BCUT2D eigenvalue weighted by atomic mass is 10.3. The Hall–Kier alpha value is -2.47. The lowest BCUT2D eigenvalue weighted by Gasteiger charge is -2.05. The Kier molecular flexibility index (Phi) is 2.42. The molecule has 0 fully saturated rings. The number of aromatic nitrogens is 4. The fourth-order valence-electron chi connectivity index (χ4n) is 1.87. The van der Waals surface area contributed by atoms with E-state index in [0.717, 1.165) is 5.69 Å². The minimum absolute atomic E-state index is 0.212. The third kappa shape index (κ3) is 1.51. The van der Waals surface area contributed by atoms with E-state index in [9.17, 15) is 4.79 Å². The second-order valence-electron chi connectivity index (χ2n) is 3.82. The highest BCUT2D eigenvalue weighted by Crippen LogP contribution is 2.05. The average molecular weight is 241 g/mol. The van der Waals surface area contributed by atoms with Crippen LogP contribution < -0.4 is 11.3 Å². The summed E-state index contributed by atoms with van der Waals surface area (Å²) in [7, 11) is 0. The third-order valence-electron chi connectivity index (χ3n) is 2.76. The minimum atomic E-state index is -0.212. The van der Waals surface area contributed by atoms with Gasteiger partial charge in [0.1, 0.15) is 0 Å². The Labute approximate surface area is 102 Å². The Morgan fingerprint density at radius 2 is 1.89 bits per heavy atom. The van der Waals surface area contributed by atoms with Gasteiger partial charge in [-0.1, -0.05) is 18.2 Å². The maximum absolute atomic E-state index is 12.3. The highest BCUT2D eigenvalue weighted by atomic mass is 16.1. The first-order valence-electron chi connectivity index (χ1n) is 5.52. The number of para-hydroxylation sites is 1. The zero-order valence-electron chi connectivity index (χ0n) is 9.52. The van der Waals surface area contributed by atoms with E-state index in [0.29, 0.717) is 5.82 Å². The Morgan fingerprint density at radius 3 is 2.61 bits per heavy atom. The smallest absolute Gasteiger partial charge is 0.300 e.